The Morgan fingerprint density at radius 3 is 0.857 bits per heavy atom. The molecule has 2 aromatic heterocycles. The molecule has 42 heavy (non-hydrogen) atoms. The zero-order valence-electron chi connectivity index (χ0n) is 25.3. The van der Waals surface area contributed by atoms with Crippen LogP contribution in [0.1, 0.15) is 41.5 Å². The van der Waals surface area contributed by atoms with Crippen molar-refractivity contribution >= 4 is 21.8 Å². The average Bonchev–Trinajstić information content (AvgIpc) is 2.93. The van der Waals surface area contributed by atoms with Gasteiger partial charge in [0, 0.05) is 12.4 Å². The van der Waals surface area contributed by atoms with Gasteiger partial charge in [0.15, 0.2) is 0 Å². The molecular formula is C30H42N2O8Ti2. The molecule has 0 bridgehead atoms. The summed E-state index contributed by atoms with van der Waals surface area (Å²) < 4.78 is 0. The van der Waals surface area contributed by atoms with E-state index in [0.717, 1.165) is 10.8 Å². The van der Waals surface area contributed by atoms with E-state index in [4.69, 9.17) is 30.6 Å². The Hall–Kier alpha value is -1.95. The van der Waals surface area contributed by atoms with E-state index in [1.54, 1.807) is 66.1 Å². The minimum Gasteiger partial charge on any atom is -0.871 e. The molecule has 12 heteroatoms. The summed E-state index contributed by atoms with van der Waals surface area (Å²) in [6.45, 7) is 9.42. The molecule has 4 aromatic rings. The number of para-hydroxylation sites is 2. The predicted octanol–water partition coefficient (Wildman–Crippen LogP) is -1.19. The molecular weight excluding hydrogens is 612 g/mol. The smallest absolute Gasteiger partial charge is 0.871 e. The Labute approximate surface area is 280 Å². The quantitative estimate of drug-likeness (QED) is 0.207. The van der Waals surface area contributed by atoms with Crippen LogP contribution < -0.4 is 40.9 Å². The van der Waals surface area contributed by atoms with Crippen molar-refractivity contribution in [1.82, 2.24) is 9.97 Å². The van der Waals surface area contributed by atoms with Crippen molar-refractivity contribution in [2.24, 2.45) is 0 Å². The Kier molecular flexibility index (Phi) is 54.6. The van der Waals surface area contributed by atoms with Gasteiger partial charge in [0.05, 0.1) is 11.0 Å². The van der Waals surface area contributed by atoms with Gasteiger partial charge in [-0.1, -0.05) is 102 Å². The van der Waals surface area contributed by atoms with Crippen molar-refractivity contribution in [1.29, 1.82) is 0 Å². The molecule has 0 radical (unpaired) electrons. The first-order valence-corrected chi connectivity index (χ1v) is 12.7. The second kappa shape index (κ2) is 43.5. The van der Waals surface area contributed by atoms with Crippen LogP contribution in [-0.4, -0.2) is 49.6 Å². The number of hydrogen-bond acceptors (Lipinski definition) is 10. The topological polar surface area (TPSA) is 210 Å². The fourth-order valence-corrected chi connectivity index (χ4v) is 2.15. The van der Waals surface area contributed by atoms with Crippen LogP contribution >= 0.6 is 0 Å². The Morgan fingerprint density at radius 2 is 0.643 bits per heavy atom. The van der Waals surface area contributed by atoms with E-state index in [1.807, 2.05) is 36.4 Å². The van der Waals surface area contributed by atoms with Gasteiger partial charge in [0.2, 0.25) is 0 Å². The second-order valence-corrected chi connectivity index (χ2v) is 6.39. The van der Waals surface area contributed by atoms with Gasteiger partial charge >= 0.3 is 43.4 Å². The Bertz CT molecular complexity index is 945. The normalized spacial score (nSPS) is 7.90. The number of hydrogen-bond donors (Lipinski definition) is 0. The fraction of sp³-hybridized carbons (Fsp3) is 0.400. The largest absolute Gasteiger partial charge is 4.00 e. The molecule has 0 aliphatic rings. The third-order valence-corrected chi connectivity index (χ3v) is 3.19. The van der Waals surface area contributed by atoms with Crippen molar-refractivity contribution in [2.75, 3.05) is 39.6 Å². The molecule has 0 saturated heterocycles. The van der Waals surface area contributed by atoms with Crippen molar-refractivity contribution in [3.05, 3.63) is 73.1 Å². The maximum absolute atomic E-state index is 11.1. The van der Waals surface area contributed by atoms with Crippen molar-refractivity contribution in [3.8, 4) is 11.5 Å². The number of fused-ring (bicyclic) bond motifs is 2. The third-order valence-electron chi connectivity index (χ3n) is 3.19. The summed E-state index contributed by atoms with van der Waals surface area (Å²) in [6.07, 6.45) is 3.26. The maximum atomic E-state index is 11.1. The van der Waals surface area contributed by atoms with Crippen molar-refractivity contribution < 1.29 is 84.3 Å². The molecule has 0 aliphatic heterocycles. The molecule has 0 fully saturated rings. The minimum atomic E-state index is -0.0110. The van der Waals surface area contributed by atoms with Crippen LogP contribution in [0.4, 0.5) is 0 Å². The van der Waals surface area contributed by atoms with Gasteiger partial charge in [0.1, 0.15) is 0 Å². The van der Waals surface area contributed by atoms with E-state index in [9.17, 15) is 10.2 Å². The molecule has 2 heterocycles. The number of pyridine rings is 2. The van der Waals surface area contributed by atoms with Crippen LogP contribution in [0.3, 0.4) is 0 Å². The number of aromatic nitrogens is 2. The van der Waals surface area contributed by atoms with Crippen LogP contribution in [0.25, 0.3) is 21.8 Å². The van der Waals surface area contributed by atoms with Crippen LogP contribution in [0.2, 0.25) is 0 Å². The van der Waals surface area contributed by atoms with Crippen molar-refractivity contribution in [2.45, 2.75) is 41.5 Å². The first-order valence-electron chi connectivity index (χ1n) is 12.7. The van der Waals surface area contributed by atoms with E-state index >= 15 is 0 Å². The van der Waals surface area contributed by atoms with Crippen LogP contribution in [-0.2, 0) is 43.4 Å². The summed E-state index contributed by atoms with van der Waals surface area (Å²) >= 11 is 0. The first-order chi connectivity index (χ1) is 19.2. The number of rotatable bonds is 0. The van der Waals surface area contributed by atoms with Gasteiger partial charge in [0.25, 0.3) is 0 Å². The van der Waals surface area contributed by atoms with Gasteiger partial charge in [-0.2, -0.15) is 0 Å². The fourth-order valence-electron chi connectivity index (χ4n) is 2.15. The second-order valence-electron chi connectivity index (χ2n) is 6.39. The summed E-state index contributed by atoms with van der Waals surface area (Å²) in [5.74, 6) is -0.0220. The van der Waals surface area contributed by atoms with E-state index in [2.05, 4.69) is 9.97 Å². The molecule has 0 amide bonds. The molecule has 0 unspecified atom stereocenters. The summed E-state index contributed by atoms with van der Waals surface area (Å²) in [6, 6.07) is 17.7. The van der Waals surface area contributed by atoms with Crippen LogP contribution in [0, 0.1) is 0 Å². The SMILES string of the molecule is CC[O-].CC[O-].CC[O-].CC[O-].CC[O-].CC[O-].[O-]c1cccc2cccnc12.[O-]c1cccc2cccnc12.[Ti+4].[Ti+4]. The zero-order valence-corrected chi connectivity index (χ0v) is 28.5. The first kappa shape index (κ1) is 52.7. The molecule has 0 spiro atoms. The minimum absolute atomic E-state index is 0. The monoisotopic (exact) mass is 654 g/mol. The summed E-state index contributed by atoms with van der Waals surface area (Å²) in [5, 5.41) is 77.6. The molecule has 0 N–H and O–H groups in total. The molecule has 0 atom stereocenters. The molecule has 10 nitrogen and oxygen atoms in total. The summed E-state index contributed by atoms with van der Waals surface area (Å²) in [7, 11) is 0. The maximum Gasteiger partial charge on any atom is 4.00 e. The van der Waals surface area contributed by atoms with Gasteiger partial charge < -0.3 is 40.9 Å². The predicted molar refractivity (Wildman–Crippen MR) is 146 cm³/mol. The molecule has 0 saturated carbocycles. The van der Waals surface area contributed by atoms with Gasteiger partial charge in [-0.3, -0.25) is 9.97 Å². The van der Waals surface area contributed by atoms with Crippen molar-refractivity contribution in [3.63, 3.8) is 0 Å². The van der Waals surface area contributed by atoms with Crippen LogP contribution in [0.15, 0.2) is 73.1 Å². The molecule has 228 valence electrons. The third kappa shape index (κ3) is 32.6. The van der Waals surface area contributed by atoms with E-state index in [-0.39, 0.29) is 94.6 Å². The zero-order chi connectivity index (χ0) is 31.6. The van der Waals surface area contributed by atoms with Crippen LogP contribution in [0.5, 0.6) is 11.5 Å². The van der Waals surface area contributed by atoms with E-state index < -0.39 is 0 Å². The molecule has 4 rings (SSSR count). The standard InChI is InChI=1S/2C9H7NO.6C2H5O.2Ti/c2*11-8-5-1-3-7-4-2-6-10-9(7)8;6*1-2-3;;/h2*1-6,11H;6*2H2,1H3;;/q;;6*-1;2*+4/p-2. The van der Waals surface area contributed by atoms with Gasteiger partial charge in [-0.15, -0.1) is 39.6 Å². The van der Waals surface area contributed by atoms with E-state index in [0.29, 0.717) is 11.0 Å². The number of benzene rings is 2. The Morgan fingerprint density at radius 1 is 0.429 bits per heavy atom. The van der Waals surface area contributed by atoms with E-state index in [1.165, 1.54) is 12.1 Å². The number of nitrogens with zero attached hydrogens (tertiary/aromatic N) is 2. The van der Waals surface area contributed by atoms with Gasteiger partial charge in [-0.05, 0) is 22.9 Å². The molecule has 2 aromatic carbocycles. The summed E-state index contributed by atoms with van der Waals surface area (Å²) in [5.41, 5.74) is 1.10. The average molecular weight is 654 g/mol. The Balaban J connectivity index is -0.0000000974. The molecule has 0 aliphatic carbocycles. The summed E-state index contributed by atoms with van der Waals surface area (Å²) in [4.78, 5) is 7.94. The van der Waals surface area contributed by atoms with Gasteiger partial charge in [-0.25, -0.2) is 0 Å².